The number of nitrogens with one attached hydrogen (secondary N) is 1. The number of nitrogens with zero attached hydrogens (tertiary/aromatic N) is 1. The third-order valence-electron chi connectivity index (χ3n) is 3.89. The van der Waals surface area contributed by atoms with Gasteiger partial charge in [-0.15, -0.1) is 0 Å². The van der Waals surface area contributed by atoms with E-state index < -0.39 is 5.60 Å². The molecule has 1 N–H and O–H groups in total. The Morgan fingerprint density at radius 2 is 2.15 bits per heavy atom. The number of piperidine rings is 1. The third kappa shape index (κ3) is 4.35. The molecule has 0 aromatic carbocycles. The van der Waals surface area contributed by atoms with E-state index in [1.165, 1.54) is 0 Å². The lowest BCUT2D eigenvalue weighted by molar-refractivity contribution is -0.0170. The molecule has 1 amide bonds. The van der Waals surface area contributed by atoms with E-state index in [-0.39, 0.29) is 11.5 Å². The SMILES string of the molecule is CC1(CNC2COC2)CCCN(C(=O)OC(C)(C)C)C1. The maximum Gasteiger partial charge on any atom is 0.410 e. The first-order valence-electron chi connectivity index (χ1n) is 7.57. The monoisotopic (exact) mass is 284 g/mol. The van der Waals surface area contributed by atoms with Gasteiger partial charge in [0.1, 0.15) is 5.60 Å². The van der Waals surface area contributed by atoms with Crippen LogP contribution in [0.2, 0.25) is 0 Å². The first-order chi connectivity index (χ1) is 9.27. The molecular weight excluding hydrogens is 256 g/mol. The van der Waals surface area contributed by atoms with E-state index in [4.69, 9.17) is 9.47 Å². The molecule has 1 atom stereocenters. The highest BCUT2D eigenvalue weighted by molar-refractivity contribution is 5.68. The van der Waals surface area contributed by atoms with Crippen molar-refractivity contribution in [1.82, 2.24) is 10.2 Å². The van der Waals surface area contributed by atoms with Crippen molar-refractivity contribution in [2.45, 2.75) is 52.2 Å². The average molecular weight is 284 g/mol. The summed E-state index contributed by atoms with van der Waals surface area (Å²) in [5.74, 6) is 0. The van der Waals surface area contributed by atoms with E-state index in [1.807, 2.05) is 25.7 Å². The predicted molar refractivity (Wildman–Crippen MR) is 77.8 cm³/mol. The standard InChI is InChI=1S/C15H28N2O3/c1-14(2,3)20-13(18)17-7-5-6-15(4,11-17)10-16-12-8-19-9-12/h12,16H,5-11H2,1-4H3. The van der Waals surface area contributed by atoms with E-state index in [0.29, 0.717) is 6.04 Å². The molecule has 0 aromatic rings. The average Bonchev–Trinajstić information content (AvgIpc) is 2.24. The van der Waals surface area contributed by atoms with E-state index in [9.17, 15) is 4.79 Å². The van der Waals surface area contributed by atoms with Gasteiger partial charge in [0, 0.05) is 19.6 Å². The molecule has 2 aliphatic rings. The quantitative estimate of drug-likeness (QED) is 0.861. The van der Waals surface area contributed by atoms with Crippen LogP contribution < -0.4 is 5.32 Å². The first-order valence-corrected chi connectivity index (χ1v) is 7.57. The zero-order valence-corrected chi connectivity index (χ0v) is 13.2. The lowest BCUT2D eigenvalue weighted by Gasteiger charge is -2.42. The zero-order chi connectivity index (χ0) is 14.8. The smallest absolute Gasteiger partial charge is 0.410 e. The van der Waals surface area contributed by atoms with Gasteiger partial charge in [-0.1, -0.05) is 6.92 Å². The molecule has 0 aromatic heterocycles. The molecule has 0 spiro atoms. The van der Waals surface area contributed by atoms with Crippen molar-refractivity contribution in [3.63, 3.8) is 0 Å². The minimum atomic E-state index is -0.424. The van der Waals surface area contributed by atoms with Crippen molar-refractivity contribution in [1.29, 1.82) is 0 Å². The maximum atomic E-state index is 12.2. The molecule has 2 fully saturated rings. The fraction of sp³-hybridized carbons (Fsp3) is 0.933. The van der Waals surface area contributed by atoms with Crippen molar-refractivity contribution in [3.05, 3.63) is 0 Å². The van der Waals surface area contributed by atoms with Crippen molar-refractivity contribution in [2.75, 3.05) is 32.8 Å². The number of hydrogen-bond donors (Lipinski definition) is 1. The third-order valence-corrected chi connectivity index (χ3v) is 3.89. The summed E-state index contributed by atoms with van der Waals surface area (Å²) in [7, 11) is 0. The number of ether oxygens (including phenoxy) is 2. The minimum absolute atomic E-state index is 0.130. The molecule has 2 saturated heterocycles. The predicted octanol–water partition coefficient (Wildman–Crippen LogP) is 2.01. The van der Waals surface area contributed by atoms with Gasteiger partial charge in [-0.3, -0.25) is 0 Å². The van der Waals surface area contributed by atoms with Crippen LogP contribution in [0.3, 0.4) is 0 Å². The van der Waals surface area contributed by atoms with Crippen molar-refractivity contribution in [2.24, 2.45) is 5.41 Å². The Hall–Kier alpha value is -0.810. The van der Waals surface area contributed by atoms with Crippen molar-refractivity contribution < 1.29 is 14.3 Å². The van der Waals surface area contributed by atoms with Crippen LogP contribution >= 0.6 is 0 Å². The molecule has 0 saturated carbocycles. The summed E-state index contributed by atoms with van der Waals surface area (Å²) in [6, 6.07) is 0.490. The second kappa shape index (κ2) is 5.90. The van der Waals surface area contributed by atoms with E-state index in [0.717, 1.165) is 45.7 Å². The number of carbonyl (C=O) groups excluding carboxylic acids is 1. The first kappa shape index (κ1) is 15.6. The van der Waals surface area contributed by atoms with Crippen LogP contribution in [0.15, 0.2) is 0 Å². The maximum absolute atomic E-state index is 12.2. The van der Waals surface area contributed by atoms with Gasteiger partial charge in [-0.2, -0.15) is 0 Å². The van der Waals surface area contributed by atoms with Gasteiger partial charge < -0.3 is 19.7 Å². The molecular formula is C15H28N2O3. The van der Waals surface area contributed by atoms with Crippen LogP contribution in [0, 0.1) is 5.41 Å². The van der Waals surface area contributed by atoms with E-state index >= 15 is 0 Å². The second-order valence-corrected chi connectivity index (χ2v) is 7.43. The number of hydrogen-bond acceptors (Lipinski definition) is 4. The molecule has 116 valence electrons. The molecule has 2 heterocycles. The fourth-order valence-electron chi connectivity index (χ4n) is 2.69. The highest BCUT2D eigenvalue weighted by Gasteiger charge is 2.35. The lowest BCUT2D eigenvalue weighted by Crippen LogP contribution is -2.54. The fourth-order valence-corrected chi connectivity index (χ4v) is 2.69. The van der Waals surface area contributed by atoms with Crippen molar-refractivity contribution >= 4 is 6.09 Å². The molecule has 1 unspecified atom stereocenters. The van der Waals surface area contributed by atoms with Gasteiger partial charge in [-0.05, 0) is 39.0 Å². The van der Waals surface area contributed by atoms with Gasteiger partial charge >= 0.3 is 6.09 Å². The molecule has 5 nitrogen and oxygen atoms in total. The summed E-state index contributed by atoms with van der Waals surface area (Å²) in [5.41, 5.74) is -0.294. The number of rotatable bonds is 3. The molecule has 0 radical (unpaired) electrons. The molecule has 2 aliphatic heterocycles. The molecule has 0 bridgehead atoms. The number of carbonyl (C=O) groups is 1. The largest absolute Gasteiger partial charge is 0.444 e. The Morgan fingerprint density at radius 3 is 2.70 bits per heavy atom. The lowest BCUT2D eigenvalue weighted by atomic mass is 9.81. The van der Waals surface area contributed by atoms with Crippen LogP contribution in [0.25, 0.3) is 0 Å². The zero-order valence-electron chi connectivity index (χ0n) is 13.2. The van der Waals surface area contributed by atoms with Gasteiger partial charge in [0.15, 0.2) is 0 Å². The Labute approximate surface area is 122 Å². The Morgan fingerprint density at radius 1 is 1.45 bits per heavy atom. The van der Waals surface area contributed by atoms with Gasteiger partial charge in [-0.25, -0.2) is 4.79 Å². The molecule has 0 aliphatic carbocycles. The van der Waals surface area contributed by atoms with E-state index in [1.54, 1.807) is 0 Å². The normalized spacial score (nSPS) is 28.1. The van der Waals surface area contributed by atoms with Crippen LogP contribution in [0.5, 0.6) is 0 Å². The summed E-state index contributed by atoms with van der Waals surface area (Å²) in [6.45, 7) is 12.1. The summed E-state index contributed by atoms with van der Waals surface area (Å²) in [5, 5.41) is 3.53. The number of amides is 1. The molecule has 5 heteroatoms. The van der Waals surface area contributed by atoms with Crippen LogP contribution in [-0.4, -0.2) is 55.5 Å². The Bertz CT molecular complexity index is 350. The van der Waals surface area contributed by atoms with Gasteiger partial charge in [0.2, 0.25) is 0 Å². The molecule has 20 heavy (non-hydrogen) atoms. The van der Waals surface area contributed by atoms with Gasteiger partial charge in [0.05, 0.1) is 19.3 Å². The Kier molecular flexibility index (Phi) is 4.59. The Balaban J connectivity index is 1.84. The number of likely N-dealkylation sites (tertiary alicyclic amines) is 1. The topological polar surface area (TPSA) is 50.8 Å². The highest BCUT2D eigenvalue weighted by Crippen LogP contribution is 2.30. The second-order valence-electron chi connectivity index (χ2n) is 7.43. The summed E-state index contributed by atoms with van der Waals surface area (Å²) >= 11 is 0. The van der Waals surface area contributed by atoms with Crippen LogP contribution in [-0.2, 0) is 9.47 Å². The van der Waals surface area contributed by atoms with Crippen LogP contribution in [0.1, 0.15) is 40.5 Å². The highest BCUT2D eigenvalue weighted by atomic mass is 16.6. The summed E-state index contributed by atoms with van der Waals surface area (Å²) in [4.78, 5) is 14.0. The summed E-state index contributed by atoms with van der Waals surface area (Å²) < 4.78 is 10.6. The molecule has 2 rings (SSSR count). The van der Waals surface area contributed by atoms with E-state index in [2.05, 4.69) is 12.2 Å². The van der Waals surface area contributed by atoms with Gasteiger partial charge in [0.25, 0.3) is 0 Å². The minimum Gasteiger partial charge on any atom is -0.444 e. The van der Waals surface area contributed by atoms with Crippen molar-refractivity contribution in [3.8, 4) is 0 Å². The van der Waals surface area contributed by atoms with Crippen LogP contribution in [0.4, 0.5) is 4.79 Å². The summed E-state index contributed by atoms with van der Waals surface area (Å²) in [6.07, 6.45) is 2.00.